The van der Waals surface area contributed by atoms with E-state index in [1.807, 2.05) is 23.1 Å². The van der Waals surface area contributed by atoms with Crippen LogP contribution < -0.4 is 0 Å². The Morgan fingerprint density at radius 1 is 1.07 bits per heavy atom. The van der Waals surface area contributed by atoms with Gasteiger partial charge in [-0.2, -0.15) is 0 Å². The zero-order valence-electron chi connectivity index (χ0n) is 15.8. The molecule has 3 heterocycles. The second-order valence-corrected chi connectivity index (χ2v) is 7.72. The molecule has 1 amide bonds. The lowest BCUT2D eigenvalue weighted by atomic mass is 9.89. The van der Waals surface area contributed by atoms with Gasteiger partial charge in [0.15, 0.2) is 0 Å². The minimum absolute atomic E-state index is 0.0907. The van der Waals surface area contributed by atoms with E-state index in [2.05, 4.69) is 15.2 Å². The minimum Gasteiger partial charge on any atom is -0.425 e. The molecule has 1 saturated carbocycles. The third-order valence-corrected chi connectivity index (χ3v) is 5.84. The summed E-state index contributed by atoms with van der Waals surface area (Å²) in [5, 5.41) is 8.43. The topological polar surface area (TPSA) is 72.1 Å². The van der Waals surface area contributed by atoms with Crippen LogP contribution in [0.25, 0.3) is 0 Å². The number of hydrogen-bond acceptors (Lipinski definition) is 5. The highest BCUT2D eigenvalue weighted by atomic mass is 16.4. The molecule has 1 saturated heterocycles. The second kappa shape index (κ2) is 8.63. The van der Waals surface area contributed by atoms with Gasteiger partial charge in [0.05, 0.1) is 11.7 Å². The first-order chi connectivity index (χ1) is 13.3. The Balaban J connectivity index is 1.36. The van der Waals surface area contributed by atoms with Crippen LogP contribution in [0.2, 0.25) is 0 Å². The summed E-state index contributed by atoms with van der Waals surface area (Å²) >= 11 is 0. The van der Waals surface area contributed by atoms with Crippen molar-refractivity contribution in [2.45, 2.75) is 76.2 Å². The average molecular weight is 368 g/mol. The summed E-state index contributed by atoms with van der Waals surface area (Å²) in [6, 6.07) is 6.01. The van der Waals surface area contributed by atoms with E-state index in [9.17, 15) is 4.79 Å². The Labute approximate surface area is 160 Å². The van der Waals surface area contributed by atoms with Crippen molar-refractivity contribution in [1.82, 2.24) is 20.1 Å². The molecule has 2 aromatic rings. The number of carbonyl (C=O) groups is 1. The van der Waals surface area contributed by atoms with Crippen LogP contribution in [0.3, 0.4) is 0 Å². The van der Waals surface area contributed by atoms with Crippen LogP contribution in [-0.4, -0.2) is 32.5 Å². The molecular formula is C21H28N4O2. The molecule has 0 spiro atoms. The van der Waals surface area contributed by atoms with Gasteiger partial charge in [-0.1, -0.05) is 25.3 Å². The third kappa shape index (κ3) is 4.37. The van der Waals surface area contributed by atoms with Gasteiger partial charge in [0.1, 0.15) is 0 Å². The fourth-order valence-electron chi connectivity index (χ4n) is 4.35. The van der Waals surface area contributed by atoms with Gasteiger partial charge in [-0.05, 0) is 44.2 Å². The maximum Gasteiger partial charge on any atom is 0.223 e. The molecule has 1 atom stereocenters. The van der Waals surface area contributed by atoms with Gasteiger partial charge in [0.2, 0.25) is 17.7 Å². The normalized spacial score (nSPS) is 21.3. The summed E-state index contributed by atoms with van der Waals surface area (Å²) in [4.78, 5) is 19.3. The van der Waals surface area contributed by atoms with Crippen molar-refractivity contribution < 1.29 is 9.21 Å². The van der Waals surface area contributed by atoms with E-state index < -0.39 is 0 Å². The fourth-order valence-corrected chi connectivity index (χ4v) is 4.35. The molecule has 27 heavy (non-hydrogen) atoms. The summed E-state index contributed by atoms with van der Waals surface area (Å²) in [7, 11) is 0. The summed E-state index contributed by atoms with van der Waals surface area (Å²) in [5.41, 5.74) is 0.989. The molecular weight excluding hydrogens is 340 g/mol. The van der Waals surface area contributed by atoms with Crippen LogP contribution in [0.15, 0.2) is 28.8 Å². The van der Waals surface area contributed by atoms with Crippen molar-refractivity contribution in [3.05, 3.63) is 41.9 Å². The van der Waals surface area contributed by atoms with E-state index >= 15 is 0 Å². The maximum atomic E-state index is 12.9. The van der Waals surface area contributed by atoms with E-state index in [0.29, 0.717) is 24.7 Å². The number of amides is 1. The van der Waals surface area contributed by atoms with Crippen molar-refractivity contribution >= 4 is 5.91 Å². The molecule has 4 rings (SSSR count). The van der Waals surface area contributed by atoms with E-state index in [1.54, 1.807) is 6.20 Å². The Bertz CT molecular complexity index is 740. The standard InChI is InChI=1S/C21H28N4O2/c26-20(25-15-7-5-11-18(25)17-10-4-6-14-22-17)13-12-19-23-24-21(27-19)16-8-2-1-3-9-16/h4,6,10,14,16,18H,1-3,5,7-9,11-13,15H2. The first-order valence-electron chi connectivity index (χ1n) is 10.3. The lowest BCUT2D eigenvalue weighted by Gasteiger charge is -2.35. The Hall–Kier alpha value is -2.24. The molecule has 6 heteroatoms. The van der Waals surface area contributed by atoms with Crippen LogP contribution in [0.1, 0.15) is 87.2 Å². The van der Waals surface area contributed by atoms with Gasteiger partial charge in [-0.3, -0.25) is 9.78 Å². The van der Waals surface area contributed by atoms with Crippen molar-refractivity contribution in [3.8, 4) is 0 Å². The van der Waals surface area contributed by atoms with Crippen LogP contribution in [0, 0.1) is 0 Å². The maximum absolute atomic E-state index is 12.9. The fraction of sp³-hybridized carbons (Fsp3) is 0.619. The number of pyridine rings is 1. The molecule has 2 aromatic heterocycles. The van der Waals surface area contributed by atoms with Gasteiger partial charge in [-0.15, -0.1) is 10.2 Å². The number of rotatable bonds is 5. The largest absolute Gasteiger partial charge is 0.425 e. The zero-order valence-corrected chi connectivity index (χ0v) is 15.8. The monoisotopic (exact) mass is 368 g/mol. The third-order valence-electron chi connectivity index (χ3n) is 5.84. The highest BCUT2D eigenvalue weighted by Gasteiger charge is 2.29. The molecule has 1 aliphatic carbocycles. The number of hydrogen-bond donors (Lipinski definition) is 0. The summed E-state index contributed by atoms with van der Waals surface area (Å²) in [5.74, 6) is 1.92. The zero-order chi connectivity index (χ0) is 18.5. The lowest BCUT2D eigenvalue weighted by molar-refractivity contribution is -0.135. The van der Waals surface area contributed by atoms with Crippen LogP contribution in [-0.2, 0) is 11.2 Å². The molecule has 1 aliphatic heterocycles. The Morgan fingerprint density at radius 2 is 1.93 bits per heavy atom. The van der Waals surface area contributed by atoms with Crippen molar-refractivity contribution in [1.29, 1.82) is 0 Å². The van der Waals surface area contributed by atoms with Gasteiger partial charge in [0, 0.05) is 31.5 Å². The van der Waals surface area contributed by atoms with E-state index in [0.717, 1.165) is 50.2 Å². The molecule has 1 unspecified atom stereocenters. The Morgan fingerprint density at radius 3 is 2.74 bits per heavy atom. The van der Waals surface area contributed by atoms with E-state index in [-0.39, 0.29) is 11.9 Å². The molecule has 144 valence electrons. The first kappa shape index (κ1) is 18.1. The van der Waals surface area contributed by atoms with Gasteiger partial charge in [-0.25, -0.2) is 0 Å². The van der Waals surface area contributed by atoms with Crippen LogP contribution >= 0.6 is 0 Å². The molecule has 2 aliphatic rings. The predicted molar refractivity (Wildman–Crippen MR) is 101 cm³/mol. The quantitative estimate of drug-likeness (QED) is 0.791. The summed E-state index contributed by atoms with van der Waals surface area (Å²) < 4.78 is 5.87. The molecule has 6 nitrogen and oxygen atoms in total. The summed E-state index contributed by atoms with van der Waals surface area (Å²) in [6.45, 7) is 0.803. The molecule has 0 bridgehead atoms. The van der Waals surface area contributed by atoms with Crippen molar-refractivity contribution in [2.24, 2.45) is 0 Å². The number of piperidine rings is 1. The first-order valence-corrected chi connectivity index (χ1v) is 10.3. The Kier molecular flexibility index (Phi) is 5.80. The number of aromatic nitrogens is 3. The van der Waals surface area contributed by atoms with Gasteiger partial charge >= 0.3 is 0 Å². The number of likely N-dealkylation sites (tertiary alicyclic amines) is 1. The van der Waals surface area contributed by atoms with Gasteiger partial charge < -0.3 is 9.32 Å². The van der Waals surface area contributed by atoms with E-state index in [4.69, 9.17) is 4.42 Å². The van der Waals surface area contributed by atoms with Gasteiger partial charge in [0.25, 0.3) is 0 Å². The predicted octanol–water partition coefficient (Wildman–Crippen LogP) is 4.20. The SMILES string of the molecule is O=C(CCc1nnc(C2CCCCC2)o1)N1CCCCC1c1ccccn1. The average Bonchev–Trinajstić information content (AvgIpc) is 3.22. The molecule has 0 aromatic carbocycles. The highest BCUT2D eigenvalue weighted by molar-refractivity contribution is 5.77. The summed E-state index contributed by atoms with van der Waals surface area (Å²) in [6.07, 6.45) is 12.0. The smallest absolute Gasteiger partial charge is 0.223 e. The van der Waals surface area contributed by atoms with Crippen molar-refractivity contribution in [3.63, 3.8) is 0 Å². The number of nitrogens with zero attached hydrogens (tertiary/aromatic N) is 4. The molecule has 2 fully saturated rings. The van der Waals surface area contributed by atoms with E-state index in [1.165, 1.54) is 19.3 Å². The molecule has 0 radical (unpaired) electrons. The lowest BCUT2D eigenvalue weighted by Crippen LogP contribution is -2.39. The van der Waals surface area contributed by atoms with Crippen molar-refractivity contribution in [2.75, 3.05) is 6.54 Å². The van der Waals surface area contributed by atoms with Crippen LogP contribution in [0.4, 0.5) is 0 Å². The highest BCUT2D eigenvalue weighted by Crippen LogP contribution is 2.32. The second-order valence-electron chi connectivity index (χ2n) is 7.72. The van der Waals surface area contributed by atoms with Crippen LogP contribution in [0.5, 0.6) is 0 Å². The molecule has 0 N–H and O–H groups in total. The number of carbonyl (C=O) groups excluding carboxylic acids is 1. The minimum atomic E-state index is 0.0907. The number of aryl methyl sites for hydroxylation is 1.